The van der Waals surface area contributed by atoms with E-state index in [1.54, 1.807) is 0 Å². The van der Waals surface area contributed by atoms with Gasteiger partial charge in [0.15, 0.2) is 0 Å². The molecule has 2 aliphatic rings. The first-order valence-electron chi connectivity index (χ1n) is 5.01. The molecule has 0 spiro atoms. The number of hydrogen-bond acceptors (Lipinski definition) is 3. The van der Waals surface area contributed by atoms with Crippen LogP contribution in [0.25, 0.3) is 0 Å². The van der Waals surface area contributed by atoms with Gasteiger partial charge in [-0.3, -0.25) is 4.79 Å². The van der Waals surface area contributed by atoms with Gasteiger partial charge in [-0.1, -0.05) is 12.8 Å². The molecule has 2 fully saturated rings. The second-order valence-corrected chi connectivity index (χ2v) is 4.48. The molecule has 0 aromatic rings. The monoisotopic (exact) mass is 183 g/mol. The second kappa shape index (κ2) is 2.98. The molecule has 2 aliphatic carbocycles. The fourth-order valence-corrected chi connectivity index (χ4v) is 2.71. The molecule has 2 N–H and O–H groups in total. The number of fused-ring (bicyclic) bond motifs is 1. The van der Waals surface area contributed by atoms with Crippen LogP contribution in [0, 0.1) is 11.8 Å². The zero-order valence-corrected chi connectivity index (χ0v) is 8.08. The third-order valence-corrected chi connectivity index (χ3v) is 3.58. The maximum Gasteiger partial charge on any atom is 0.307 e. The molecule has 3 atom stereocenters. The third-order valence-electron chi connectivity index (χ3n) is 3.58. The number of carbonyl (C=O) groups excluding carboxylic acids is 1. The van der Waals surface area contributed by atoms with Gasteiger partial charge in [-0.15, -0.1) is 0 Å². The van der Waals surface area contributed by atoms with E-state index in [1.165, 1.54) is 26.4 Å². The van der Waals surface area contributed by atoms with E-state index in [1.807, 2.05) is 0 Å². The summed E-state index contributed by atoms with van der Waals surface area (Å²) in [6.07, 6.45) is 5.11. The number of rotatable bonds is 2. The van der Waals surface area contributed by atoms with Gasteiger partial charge in [0.25, 0.3) is 0 Å². The molecule has 0 amide bonds. The van der Waals surface area contributed by atoms with Crippen molar-refractivity contribution in [2.24, 2.45) is 17.6 Å². The van der Waals surface area contributed by atoms with Crippen molar-refractivity contribution < 1.29 is 9.53 Å². The summed E-state index contributed by atoms with van der Waals surface area (Å²) in [5, 5.41) is 0. The van der Waals surface area contributed by atoms with Crippen molar-refractivity contribution >= 4 is 5.97 Å². The van der Waals surface area contributed by atoms with Crippen molar-refractivity contribution in [1.82, 2.24) is 0 Å². The molecule has 2 rings (SSSR count). The zero-order valence-electron chi connectivity index (χ0n) is 8.08. The van der Waals surface area contributed by atoms with Crippen molar-refractivity contribution in [3.63, 3.8) is 0 Å². The van der Waals surface area contributed by atoms with Gasteiger partial charge >= 0.3 is 5.97 Å². The molecular weight excluding hydrogens is 166 g/mol. The highest BCUT2D eigenvalue weighted by Gasteiger charge is 2.53. The van der Waals surface area contributed by atoms with E-state index in [0.29, 0.717) is 12.3 Å². The summed E-state index contributed by atoms with van der Waals surface area (Å²) < 4.78 is 4.67. The lowest BCUT2D eigenvalue weighted by molar-refractivity contribution is -0.142. The smallest absolute Gasteiger partial charge is 0.307 e. The average molecular weight is 183 g/mol. The number of nitrogens with two attached hydrogens (primary N) is 1. The van der Waals surface area contributed by atoms with Crippen LogP contribution in [0.15, 0.2) is 0 Å². The minimum absolute atomic E-state index is 0.157. The Bertz CT molecular complexity index is 229. The van der Waals surface area contributed by atoms with Crippen molar-refractivity contribution in [2.45, 2.75) is 37.6 Å². The van der Waals surface area contributed by atoms with Gasteiger partial charge in [0.2, 0.25) is 0 Å². The van der Waals surface area contributed by atoms with Gasteiger partial charge in [-0.25, -0.2) is 0 Å². The summed E-state index contributed by atoms with van der Waals surface area (Å²) in [5.41, 5.74) is 5.98. The topological polar surface area (TPSA) is 52.3 Å². The summed E-state index contributed by atoms with van der Waals surface area (Å²) in [5.74, 6) is 1.25. The summed E-state index contributed by atoms with van der Waals surface area (Å²) in [4.78, 5) is 11.1. The van der Waals surface area contributed by atoms with Crippen molar-refractivity contribution in [3.05, 3.63) is 0 Å². The number of ether oxygens (including phenoxy) is 1. The molecule has 3 unspecified atom stereocenters. The summed E-state index contributed by atoms with van der Waals surface area (Å²) >= 11 is 0. The Labute approximate surface area is 78.6 Å². The van der Waals surface area contributed by atoms with Gasteiger partial charge in [0.1, 0.15) is 0 Å². The van der Waals surface area contributed by atoms with Crippen LogP contribution in [0.4, 0.5) is 0 Å². The van der Waals surface area contributed by atoms with Crippen LogP contribution in [-0.4, -0.2) is 18.6 Å². The van der Waals surface area contributed by atoms with E-state index in [-0.39, 0.29) is 11.5 Å². The van der Waals surface area contributed by atoms with Crippen molar-refractivity contribution in [2.75, 3.05) is 7.11 Å². The molecule has 3 heteroatoms. The van der Waals surface area contributed by atoms with Crippen LogP contribution in [0.1, 0.15) is 32.1 Å². The predicted molar refractivity (Wildman–Crippen MR) is 49.0 cm³/mol. The summed E-state index contributed by atoms with van der Waals surface area (Å²) in [6.45, 7) is 0. The lowest BCUT2D eigenvalue weighted by Crippen LogP contribution is -2.46. The molecule has 74 valence electrons. The molecule has 2 saturated carbocycles. The molecule has 3 nitrogen and oxygen atoms in total. The quantitative estimate of drug-likeness (QED) is 0.651. The molecule has 0 aliphatic heterocycles. The largest absolute Gasteiger partial charge is 0.469 e. The summed E-state index contributed by atoms with van der Waals surface area (Å²) in [7, 11) is 1.43. The molecule has 0 aromatic heterocycles. The SMILES string of the molecule is COC(=O)CC1(N)CCCC2CC21. The maximum absolute atomic E-state index is 11.1. The predicted octanol–water partition coefficient (Wildman–Crippen LogP) is 1.07. The van der Waals surface area contributed by atoms with Crippen LogP contribution < -0.4 is 5.73 Å². The van der Waals surface area contributed by atoms with E-state index in [0.717, 1.165) is 12.3 Å². The van der Waals surface area contributed by atoms with Gasteiger partial charge in [0.05, 0.1) is 13.5 Å². The van der Waals surface area contributed by atoms with Crippen LogP contribution in [0.5, 0.6) is 0 Å². The van der Waals surface area contributed by atoms with E-state index in [9.17, 15) is 4.79 Å². The molecule has 0 aromatic carbocycles. The highest BCUT2D eigenvalue weighted by Crippen LogP contribution is 2.54. The summed E-state index contributed by atoms with van der Waals surface area (Å²) in [6, 6.07) is 0. The number of carbonyl (C=O) groups is 1. The Morgan fingerprint density at radius 3 is 3.15 bits per heavy atom. The Balaban J connectivity index is 1.98. The molecular formula is C10H17NO2. The minimum atomic E-state index is -0.240. The first kappa shape index (κ1) is 9.00. The lowest BCUT2D eigenvalue weighted by atomic mass is 9.80. The van der Waals surface area contributed by atoms with Gasteiger partial charge in [-0.2, -0.15) is 0 Å². The Morgan fingerprint density at radius 2 is 2.46 bits per heavy atom. The van der Waals surface area contributed by atoms with E-state index in [4.69, 9.17) is 5.73 Å². The second-order valence-electron chi connectivity index (χ2n) is 4.48. The maximum atomic E-state index is 11.1. The van der Waals surface area contributed by atoms with Crippen LogP contribution in [0.2, 0.25) is 0 Å². The minimum Gasteiger partial charge on any atom is -0.469 e. The Hall–Kier alpha value is -0.570. The molecule has 0 bridgehead atoms. The number of esters is 1. The third kappa shape index (κ3) is 1.57. The fraction of sp³-hybridized carbons (Fsp3) is 0.900. The standard InChI is InChI=1S/C10H17NO2/c1-13-9(12)6-10(11)4-2-3-7-5-8(7)10/h7-8H,2-6,11H2,1H3. The average Bonchev–Trinajstić information content (AvgIpc) is 2.84. The van der Waals surface area contributed by atoms with Crippen LogP contribution in [-0.2, 0) is 9.53 Å². The zero-order chi connectivity index (χ0) is 9.47. The Morgan fingerprint density at radius 1 is 1.69 bits per heavy atom. The van der Waals surface area contributed by atoms with Gasteiger partial charge < -0.3 is 10.5 Å². The van der Waals surface area contributed by atoms with Gasteiger partial charge in [-0.05, 0) is 24.7 Å². The number of hydrogen-bond donors (Lipinski definition) is 1. The van der Waals surface area contributed by atoms with E-state index < -0.39 is 0 Å². The highest BCUT2D eigenvalue weighted by molar-refractivity contribution is 5.71. The highest BCUT2D eigenvalue weighted by atomic mass is 16.5. The van der Waals surface area contributed by atoms with Crippen LogP contribution in [0.3, 0.4) is 0 Å². The molecule has 13 heavy (non-hydrogen) atoms. The van der Waals surface area contributed by atoms with Crippen molar-refractivity contribution in [1.29, 1.82) is 0 Å². The first-order valence-corrected chi connectivity index (χ1v) is 5.01. The normalized spacial score (nSPS) is 42.3. The van der Waals surface area contributed by atoms with Crippen LogP contribution >= 0.6 is 0 Å². The molecule has 0 radical (unpaired) electrons. The Kier molecular flexibility index (Phi) is 2.06. The molecule has 0 saturated heterocycles. The first-order chi connectivity index (χ1) is 6.15. The lowest BCUT2D eigenvalue weighted by Gasteiger charge is -2.32. The number of methoxy groups -OCH3 is 1. The van der Waals surface area contributed by atoms with E-state index >= 15 is 0 Å². The van der Waals surface area contributed by atoms with E-state index in [2.05, 4.69) is 4.74 Å². The fourth-order valence-electron chi connectivity index (χ4n) is 2.71. The molecule has 0 heterocycles. The van der Waals surface area contributed by atoms with Gasteiger partial charge in [0, 0.05) is 5.54 Å². The van der Waals surface area contributed by atoms with Crippen molar-refractivity contribution in [3.8, 4) is 0 Å².